The van der Waals surface area contributed by atoms with Gasteiger partial charge in [-0.3, -0.25) is 10.1 Å². The van der Waals surface area contributed by atoms with Gasteiger partial charge in [-0.25, -0.2) is 0 Å². The molecule has 1 unspecified atom stereocenters. The van der Waals surface area contributed by atoms with Gasteiger partial charge >= 0.3 is 0 Å². The van der Waals surface area contributed by atoms with Crippen molar-refractivity contribution >= 4 is 11.4 Å². The second kappa shape index (κ2) is 6.26. The fraction of sp³-hybridized carbons (Fsp3) is 0.250. The standard InChI is InChI=1S/C16H18N2O3/c1-11-8-9-16(21-3)13(10-11)12(2)17-14-6-4-5-7-15(14)18(19)20/h4-10,12,17H,1-3H3. The van der Waals surface area contributed by atoms with Crippen molar-refractivity contribution in [1.29, 1.82) is 0 Å². The third-order valence-corrected chi connectivity index (χ3v) is 3.32. The normalized spacial score (nSPS) is 11.8. The van der Waals surface area contributed by atoms with Crippen LogP contribution in [0.25, 0.3) is 0 Å². The van der Waals surface area contributed by atoms with Gasteiger partial charge in [0.25, 0.3) is 5.69 Å². The number of aryl methyl sites for hydroxylation is 1. The molecule has 0 aliphatic carbocycles. The summed E-state index contributed by atoms with van der Waals surface area (Å²) in [5.41, 5.74) is 2.65. The van der Waals surface area contributed by atoms with Crippen LogP contribution in [-0.2, 0) is 0 Å². The van der Waals surface area contributed by atoms with Crippen molar-refractivity contribution in [3.63, 3.8) is 0 Å². The summed E-state index contributed by atoms with van der Waals surface area (Å²) in [4.78, 5) is 10.7. The smallest absolute Gasteiger partial charge is 0.292 e. The van der Waals surface area contributed by atoms with Crippen LogP contribution in [0.3, 0.4) is 0 Å². The largest absolute Gasteiger partial charge is 0.496 e. The van der Waals surface area contributed by atoms with E-state index >= 15 is 0 Å². The minimum Gasteiger partial charge on any atom is -0.496 e. The number of nitrogens with zero attached hydrogens (tertiary/aromatic N) is 1. The van der Waals surface area contributed by atoms with Crippen LogP contribution in [0.15, 0.2) is 42.5 Å². The quantitative estimate of drug-likeness (QED) is 0.664. The van der Waals surface area contributed by atoms with E-state index in [9.17, 15) is 10.1 Å². The maximum atomic E-state index is 11.1. The topological polar surface area (TPSA) is 64.4 Å². The van der Waals surface area contributed by atoms with E-state index in [2.05, 4.69) is 5.32 Å². The Hall–Kier alpha value is -2.56. The van der Waals surface area contributed by atoms with E-state index in [1.165, 1.54) is 6.07 Å². The lowest BCUT2D eigenvalue weighted by Crippen LogP contribution is -2.10. The van der Waals surface area contributed by atoms with Crippen LogP contribution < -0.4 is 10.1 Å². The minimum atomic E-state index is -0.386. The Morgan fingerprint density at radius 3 is 2.62 bits per heavy atom. The summed E-state index contributed by atoms with van der Waals surface area (Å²) in [5.74, 6) is 0.763. The molecule has 0 aliphatic heterocycles. The predicted molar refractivity (Wildman–Crippen MR) is 82.9 cm³/mol. The van der Waals surface area contributed by atoms with E-state index in [0.717, 1.165) is 16.9 Å². The number of rotatable bonds is 5. The van der Waals surface area contributed by atoms with Gasteiger partial charge in [-0.15, -0.1) is 0 Å². The predicted octanol–water partition coefficient (Wildman–Crippen LogP) is 4.08. The van der Waals surface area contributed by atoms with Gasteiger partial charge in [0.1, 0.15) is 11.4 Å². The lowest BCUT2D eigenvalue weighted by atomic mass is 10.0. The van der Waals surface area contributed by atoms with Gasteiger partial charge in [-0.05, 0) is 26.0 Å². The Balaban J connectivity index is 2.32. The number of hydrogen-bond donors (Lipinski definition) is 1. The number of methoxy groups -OCH3 is 1. The molecule has 0 saturated carbocycles. The van der Waals surface area contributed by atoms with Crippen molar-refractivity contribution in [2.45, 2.75) is 19.9 Å². The number of nitro benzene ring substituents is 1. The number of nitro groups is 1. The first-order chi connectivity index (χ1) is 10.0. The molecule has 21 heavy (non-hydrogen) atoms. The van der Waals surface area contributed by atoms with E-state index < -0.39 is 0 Å². The molecule has 0 bridgehead atoms. The molecule has 0 spiro atoms. The Labute approximate surface area is 123 Å². The number of ether oxygens (including phenoxy) is 1. The van der Waals surface area contributed by atoms with E-state index in [-0.39, 0.29) is 16.7 Å². The van der Waals surface area contributed by atoms with Crippen LogP contribution in [0, 0.1) is 17.0 Å². The number of anilines is 1. The van der Waals surface area contributed by atoms with Crippen LogP contribution in [0.5, 0.6) is 5.75 Å². The Bertz CT molecular complexity index is 656. The van der Waals surface area contributed by atoms with Crippen LogP contribution in [0.4, 0.5) is 11.4 Å². The molecule has 0 aromatic heterocycles. The Morgan fingerprint density at radius 1 is 1.24 bits per heavy atom. The van der Waals surface area contributed by atoms with E-state index in [0.29, 0.717) is 5.69 Å². The summed E-state index contributed by atoms with van der Waals surface area (Å²) < 4.78 is 5.36. The molecule has 2 aromatic rings. The minimum absolute atomic E-state index is 0.0657. The molecule has 1 N–H and O–H groups in total. The zero-order chi connectivity index (χ0) is 15.4. The highest BCUT2D eigenvalue weighted by atomic mass is 16.6. The highest BCUT2D eigenvalue weighted by Gasteiger charge is 2.17. The second-order valence-electron chi connectivity index (χ2n) is 4.89. The van der Waals surface area contributed by atoms with Gasteiger partial charge in [-0.2, -0.15) is 0 Å². The lowest BCUT2D eigenvalue weighted by Gasteiger charge is -2.19. The molecule has 2 aromatic carbocycles. The highest BCUT2D eigenvalue weighted by Crippen LogP contribution is 2.31. The van der Waals surface area contributed by atoms with E-state index in [1.807, 2.05) is 32.0 Å². The van der Waals surface area contributed by atoms with Crippen LogP contribution in [0.1, 0.15) is 24.1 Å². The summed E-state index contributed by atoms with van der Waals surface area (Å²) in [6.07, 6.45) is 0. The zero-order valence-electron chi connectivity index (χ0n) is 12.3. The molecule has 1 atom stereocenters. The molecular weight excluding hydrogens is 268 g/mol. The fourth-order valence-electron chi connectivity index (χ4n) is 2.26. The highest BCUT2D eigenvalue weighted by molar-refractivity contribution is 5.62. The second-order valence-corrected chi connectivity index (χ2v) is 4.89. The molecule has 0 radical (unpaired) electrons. The van der Waals surface area contributed by atoms with Crippen LogP contribution in [-0.4, -0.2) is 12.0 Å². The van der Waals surface area contributed by atoms with Crippen molar-refractivity contribution in [2.24, 2.45) is 0 Å². The lowest BCUT2D eigenvalue weighted by molar-refractivity contribution is -0.384. The molecule has 0 amide bonds. The molecule has 0 aliphatic rings. The average molecular weight is 286 g/mol. The fourth-order valence-corrected chi connectivity index (χ4v) is 2.26. The molecular formula is C16H18N2O3. The molecule has 0 heterocycles. The number of para-hydroxylation sites is 2. The number of hydrogen-bond acceptors (Lipinski definition) is 4. The first kappa shape index (κ1) is 14.8. The van der Waals surface area contributed by atoms with Gasteiger partial charge in [0.15, 0.2) is 0 Å². The van der Waals surface area contributed by atoms with Gasteiger partial charge in [0.2, 0.25) is 0 Å². The first-order valence-electron chi connectivity index (χ1n) is 6.67. The third-order valence-electron chi connectivity index (χ3n) is 3.32. The van der Waals surface area contributed by atoms with E-state index in [1.54, 1.807) is 25.3 Å². The summed E-state index contributed by atoms with van der Waals surface area (Å²) in [5, 5.41) is 14.2. The average Bonchev–Trinajstić information content (AvgIpc) is 2.47. The Morgan fingerprint density at radius 2 is 1.95 bits per heavy atom. The van der Waals surface area contributed by atoms with E-state index in [4.69, 9.17) is 4.74 Å². The molecule has 0 saturated heterocycles. The zero-order valence-corrected chi connectivity index (χ0v) is 12.3. The van der Waals surface area contributed by atoms with Crippen molar-refractivity contribution in [2.75, 3.05) is 12.4 Å². The maximum absolute atomic E-state index is 11.1. The van der Waals surface area contributed by atoms with Crippen LogP contribution >= 0.6 is 0 Å². The summed E-state index contributed by atoms with van der Waals surface area (Å²) in [7, 11) is 1.62. The first-order valence-corrected chi connectivity index (χ1v) is 6.67. The molecule has 5 nitrogen and oxygen atoms in total. The third kappa shape index (κ3) is 3.31. The molecule has 2 rings (SSSR count). The summed E-state index contributed by atoms with van der Waals surface area (Å²) in [6, 6.07) is 12.4. The van der Waals surface area contributed by atoms with Gasteiger partial charge in [0, 0.05) is 11.6 Å². The van der Waals surface area contributed by atoms with Crippen molar-refractivity contribution in [3.8, 4) is 5.75 Å². The van der Waals surface area contributed by atoms with Gasteiger partial charge < -0.3 is 10.1 Å². The Kier molecular flexibility index (Phi) is 4.42. The molecule has 0 fully saturated rings. The molecule has 110 valence electrons. The molecule has 5 heteroatoms. The van der Waals surface area contributed by atoms with Gasteiger partial charge in [0.05, 0.1) is 18.1 Å². The monoisotopic (exact) mass is 286 g/mol. The van der Waals surface area contributed by atoms with Crippen molar-refractivity contribution < 1.29 is 9.66 Å². The summed E-state index contributed by atoms with van der Waals surface area (Å²) in [6.45, 7) is 3.95. The number of nitrogens with one attached hydrogen (secondary N) is 1. The number of benzene rings is 2. The van der Waals surface area contributed by atoms with Crippen molar-refractivity contribution in [1.82, 2.24) is 0 Å². The van der Waals surface area contributed by atoms with Crippen molar-refractivity contribution in [3.05, 3.63) is 63.7 Å². The maximum Gasteiger partial charge on any atom is 0.292 e. The van der Waals surface area contributed by atoms with Crippen LogP contribution in [0.2, 0.25) is 0 Å². The van der Waals surface area contributed by atoms with Gasteiger partial charge in [-0.1, -0.05) is 29.8 Å². The SMILES string of the molecule is COc1ccc(C)cc1C(C)Nc1ccccc1[N+](=O)[O-]. The summed E-state index contributed by atoms with van der Waals surface area (Å²) >= 11 is 0.